The molecule has 2 nitrogen and oxygen atoms in total. The van der Waals surface area contributed by atoms with Gasteiger partial charge in [0, 0.05) is 16.5 Å². The number of hydrogen-bond acceptors (Lipinski definition) is 2. The molecule has 1 heterocycles. The Hall–Kier alpha value is -5.34. The van der Waals surface area contributed by atoms with E-state index < -0.39 is 0 Å². The zero-order valence-electron chi connectivity index (χ0n) is 25.9. The monoisotopic (exact) mass is 580 g/mol. The fourth-order valence-corrected chi connectivity index (χ4v) is 6.69. The SMILES string of the molecule is C=CC1=C(C=C)C(C)(C)c2cc(-c3cccc(-c4cccc(-c5nc(C6=CCCC=C6)cc(-c6ccccc6)n5)c4)c3)ccc21. The third-order valence-corrected chi connectivity index (χ3v) is 9.09. The highest BCUT2D eigenvalue weighted by molar-refractivity contribution is 5.89. The first-order valence-corrected chi connectivity index (χ1v) is 15.6. The van der Waals surface area contributed by atoms with Gasteiger partial charge in [-0.25, -0.2) is 9.97 Å². The third-order valence-electron chi connectivity index (χ3n) is 9.09. The largest absolute Gasteiger partial charge is 0.228 e. The van der Waals surface area contributed by atoms with Crippen LogP contribution in [0.4, 0.5) is 0 Å². The van der Waals surface area contributed by atoms with E-state index in [1.807, 2.05) is 18.2 Å². The number of rotatable bonds is 7. The molecule has 0 N–H and O–H groups in total. The van der Waals surface area contributed by atoms with Crippen molar-refractivity contribution in [1.82, 2.24) is 9.97 Å². The molecule has 0 aliphatic heterocycles. The maximum Gasteiger partial charge on any atom is 0.160 e. The van der Waals surface area contributed by atoms with Crippen LogP contribution in [0.5, 0.6) is 0 Å². The minimum absolute atomic E-state index is 0.126. The Morgan fingerprint density at radius 1 is 0.622 bits per heavy atom. The Kier molecular flexibility index (Phi) is 7.35. The topological polar surface area (TPSA) is 25.8 Å². The van der Waals surface area contributed by atoms with Crippen LogP contribution in [0.25, 0.3) is 56.0 Å². The number of benzene rings is 4. The first-order valence-electron chi connectivity index (χ1n) is 15.6. The normalized spacial score (nSPS) is 15.0. The molecule has 0 saturated carbocycles. The van der Waals surface area contributed by atoms with Crippen LogP contribution in [-0.2, 0) is 5.41 Å². The van der Waals surface area contributed by atoms with Gasteiger partial charge in [0.1, 0.15) is 0 Å². The van der Waals surface area contributed by atoms with E-state index in [1.165, 1.54) is 33.4 Å². The lowest BCUT2D eigenvalue weighted by atomic mass is 9.80. The van der Waals surface area contributed by atoms with Gasteiger partial charge >= 0.3 is 0 Å². The lowest BCUT2D eigenvalue weighted by molar-refractivity contribution is 0.655. The molecule has 5 aromatic rings. The first kappa shape index (κ1) is 28.4. The summed E-state index contributed by atoms with van der Waals surface area (Å²) in [6.07, 6.45) is 12.7. The van der Waals surface area contributed by atoms with E-state index in [1.54, 1.807) is 0 Å². The lowest BCUT2D eigenvalue weighted by Crippen LogP contribution is -2.16. The molecule has 0 fully saturated rings. The van der Waals surface area contributed by atoms with Gasteiger partial charge in [-0.15, -0.1) is 0 Å². The van der Waals surface area contributed by atoms with Crippen molar-refractivity contribution in [3.05, 3.63) is 169 Å². The third kappa shape index (κ3) is 5.23. The number of allylic oxidation sites excluding steroid dienone is 8. The molecular weight excluding hydrogens is 544 g/mol. The van der Waals surface area contributed by atoms with Crippen molar-refractivity contribution in [3.8, 4) is 44.9 Å². The second-order valence-electron chi connectivity index (χ2n) is 12.2. The van der Waals surface area contributed by atoms with E-state index in [0.29, 0.717) is 0 Å². The molecule has 45 heavy (non-hydrogen) atoms. The Bertz CT molecular complexity index is 2050. The van der Waals surface area contributed by atoms with Gasteiger partial charge in [-0.05, 0) is 87.2 Å². The summed E-state index contributed by atoms with van der Waals surface area (Å²) in [6.45, 7) is 12.7. The lowest BCUT2D eigenvalue weighted by Gasteiger charge is -2.23. The number of nitrogens with zero attached hydrogens (tertiary/aromatic N) is 2. The van der Waals surface area contributed by atoms with Crippen LogP contribution in [0.2, 0.25) is 0 Å². The summed E-state index contributed by atoms with van der Waals surface area (Å²) in [5.74, 6) is 0.730. The zero-order chi connectivity index (χ0) is 31.0. The fourth-order valence-electron chi connectivity index (χ4n) is 6.69. The minimum Gasteiger partial charge on any atom is -0.228 e. The maximum absolute atomic E-state index is 5.08. The van der Waals surface area contributed by atoms with Crippen molar-refractivity contribution in [1.29, 1.82) is 0 Å². The van der Waals surface area contributed by atoms with E-state index in [0.717, 1.165) is 57.9 Å². The van der Waals surface area contributed by atoms with E-state index in [-0.39, 0.29) is 5.41 Å². The minimum atomic E-state index is -0.126. The van der Waals surface area contributed by atoms with Gasteiger partial charge in [0.15, 0.2) is 5.82 Å². The number of aromatic nitrogens is 2. The Balaban J connectivity index is 1.27. The summed E-state index contributed by atoms with van der Waals surface area (Å²) in [5, 5.41) is 0. The molecule has 0 spiro atoms. The Morgan fingerprint density at radius 3 is 1.93 bits per heavy atom. The van der Waals surface area contributed by atoms with Crippen molar-refractivity contribution in [3.63, 3.8) is 0 Å². The summed E-state index contributed by atoms with van der Waals surface area (Å²) >= 11 is 0. The molecule has 0 saturated heterocycles. The molecule has 0 bridgehead atoms. The van der Waals surface area contributed by atoms with Crippen molar-refractivity contribution < 1.29 is 0 Å². The molecule has 2 heteroatoms. The molecular formula is C43H36N2. The highest BCUT2D eigenvalue weighted by Crippen LogP contribution is 2.48. The predicted molar refractivity (Wildman–Crippen MR) is 190 cm³/mol. The van der Waals surface area contributed by atoms with E-state index >= 15 is 0 Å². The van der Waals surface area contributed by atoms with Crippen LogP contribution >= 0.6 is 0 Å². The summed E-state index contributed by atoms with van der Waals surface area (Å²) < 4.78 is 0. The highest BCUT2D eigenvalue weighted by Gasteiger charge is 2.35. The molecule has 2 aliphatic rings. The van der Waals surface area contributed by atoms with Crippen LogP contribution in [0.15, 0.2) is 152 Å². The van der Waals surface area contributed by atoms with Crippen LogP contribution in [-0.4, -0.2) is 9.97 Å². The van der Waals surface area contributed by atoms with Gasteiger partial charge in [0.05, 0.1) is 11.4 Å². The standard InChI is InChI=1S/C43H36N2/c1-5-36-37-24-23-34(27-39(37)43(3,4)38(36)6-2)32-20-13-19-31(25-32)33-21-14-22-35(26-33)42-44-40(29-15-9-7-10-16-29)28-41(45-42)30-17-11-8-12-18-30/h5-7,9-11,13-28H,1-2,8,12H2,3-4H3. The van der Waals surface area contributed by atoms with Crippen molar-refractivity contribution in [2.75, 3.05) is 0 Å². The quantitative estimate of drug-likeness (QED) is 0.191. The molecule has 2 aliphatic carbocycles. The molecule has 1 aromatic heterocycles. The Morgan fingerprint density at radius 2 is 1.27 bits per heavy atom. The van der Waals surface area contributed by atoms with Crippen LogP contribution in [0.3, 0.4) is 0 Å². The maximum atomic E-state index is 5.08. The fraction of sp³-hybridized carbons (Fsp3) is 0.116. The molecule has 4 aromatic carbocycles. The van der Waals surface area contributed by atoms with Gasteiger partial charge in [-0.3, -0.25) is 0 Å². The van der Waals surface area contributed by atoms with Crippen LogP contribution < -0.4 is 0 Å². The van der Waals surface area contributed by atoms with Gasteiger partial charge < -0.3 is 0 Å². The highest BCUT2D eigenvalue weighted by atomic mass is 14.9. The predicted octanol–water partition coefficient (Wildman–Crippen LogP) is 11.3. The van der Waals surface area contributed by atoms with E-state index in [9.17, 15) is 0 Å². The Labute approximate surface area is 266 Å². The van der Waals surface area contributed by atoms with Gasteiger partial charge in [-0.1, -0.05) is 136 Å². The average Bonchev–Trinajstić information content (AvgIpc) is 3.33. The molecule has 0 radical (unpaired) electrons. The molecule has 0 amide bonds. The summed E-state index contributed by atoms with van der Waals surface area (Å²) in [5.41, 5.74) is 14.6. The van der Waals surface area contributed by atoms with E-state index in [2.05, 4.69) is 142 Å². The summed E-state index contributed by atoms with van der Waals surface area (Å²) in [7, 11) is 0. The zero-order valence-corrected chi connectivity index (χ0v) is 25.9. The summed E-state index contributed by atoms with van der Waals surface area (Å²) in [4.78, 5) is 10.1. The van der Waals surface area contributed by atoms with Crippen LogP contribution in [0.1, 0.15) is 43.5 Å². The van der Waals surface area contributed by atoms with Gasteiger partial charge in [0.2, 0.25) is 0 Å². The molecule has 7 rings (SSSR count). The van der Waals surface area contributed by atoms with Crippen molar-refractivity contribution in [2.45, 2.75) is 32.1 Å². The van der Waals surface area contributed by atoms with Crippen molar-refractivity contribution >= 4 is 11.1 Å². The molecule has 218 valence electrons. The number of fused-ring (bicyclic) bond motifs is 1. The second kappa shape index (κ2) is 11.6. The second-order valence-corrected chi connectivity index (χ2v) is 12.2. The van der Waals surface area contributed by atoms with Gasteiger partial charge in [-0.2, -0.15) is 0 Å². The summed E-state index contributed by atoms with van der Waals surface area (Å²) in [6, 6.07) is 36.6. The smallest absolute Gasteiger partial charge is 0.160 e. The number of hydrogen-bond donors (Lipinski definition) is 0. The van der Waals surface area contributed by atoms with Crippen LogP contribution in [0, 0.1) is 0 Å². The first-order chi connectivity index (χ1) is 22.0. The molecule has 0 unspecified atom stereocenters. The average molecular weight is 581 g/mol. The van der Waals surface area contributed by atoms with Gasteiger partial charge in [0.25, 0.3) is 0 Å². The van der Waals surface area contributed by atoms with E-state index in [4.69, 9.17) is 9.97 Å². The molecule has 0 atom stereocenters. The van der Waals surface area contributed by atoms with Crippen molar-refractivity contribution in [2.24, 2.45) is 0 Å².